The summed E-state index contributed by atoms with van der Waals surface area (Å²) in [6, 6.07) is 0. The third-order valence-corrected chi connectivity index (χ3v) is 3.71. The number of hydrogen-bond donors (Lipinski definition) is 1. The van der Waals surface area contributed by atoms with E-state index in [4.69, 9.17) is 21.2 Å². The van der Waals surface area contributed by atoms with Crippen molar-refractivity contribution in [1.29, 1.82) is 0 Å². The SMILES string of the molecule is Cc1noc(Cl)c1CCC(=O)N1CC[C@@H](C(=O)O)C1. The van der Waals surface area contributed by atoms with Crippen LogP contribution in [0.5, 0.6) is 0 Å². The second-order valence-corrected chi connectivity index (χ2v) is 5.03. The lowest BCUT2D eigenvalue weighted by atomic mass is 10.1. The number of aliphatic carboxylic acids is 1. The van der Waals surface area contributed by atoms with Gasteiger partial charge in [0.25, 0.3) is 0 Å². The van der Waals surface area contributed by atoms with Crippen molar-refractivity contribution in [3.8, 4) is 0 Å². The van der Waals surface area contributed by atoms with E-state index < -0.39 is 11.9 Å². The second-order valence-electron chi connectivity index (χ2n) is 4.68. The molecule has 0 saturated carbocycles. The van der Waals surface area contributed by atoms with E-state index >= 15 is 0 Å². The predicted octanol–water partition coefficient (Wildman–Crippen LogP) is 1.50. The fourth-order valence-corrected chi connectivity index (χ4v) is 2.48. The fourth-order valence-electron chi connectivity index (χ4n) is 2.22. The zero-order valence-corrected chi connectivity index (χ0v) is 11.3. The minimum atomic E-state index is -0.840. The maximum absolute atomic E-state index is 12.0. The summed E-state index contributed by atoms with van der Waals surface area (Å²) >= 11 is 5.82. The molecular formula is C12H15ClN2O4. The summed E-state index contributed by atoms with van der Waals surface area (Å²) in [5.41, 5.74) is 1.42. The summed E-state index contributed by atoms with van der Waals surface area (Å²) in [5.74, 6) is -1.33. The molecule has 1 aliphatic rings. The molecule has 0 aromatic carbocycles. The number of amides is 1. The highest BCUT2D eigenvalue weighted by molar-refractivity contribution is 6.29. The van der Waals surface area contributed by atoms with E-state index in [1.165, 1.54) is 0 Å². The molecule has 1 atom stereocenters. The van der Waals surface area contributed by atoms with Crippen LogP contribution in [0.1, 0.15) is 24.1 Å². The molecule has 1 N–H and O–H groups in total. The van der Waals surface area contributed by atoms with Crippen LogP contribution in [0.25, 0.3) is 0 Å². The van der Waals surface area contributed by atoms with Gasteiger partial charge in [-0.2, -0.15) is 0 Å². The van der Waals surface area contributed by atoms with E-state index in [-0.39, 0.29) is 17.5 Å². The number of carbonyl (C=O) groups is 2. The van der Waals surface area contributed by atoms with Crippen LogP contribution in [0.15, 0.2) is 4.52 Å². The van der Waals surface area contributed by atoms with Gasteiger partial charge in [0, 0.05) is 25.1 Å². The average Bonchev–Trinajstić information content (AvgIpc) is 2.95. The van der Waals surface area contributed by atoms with Gasteiger partial charge < -0.3 is 14.5 Å². The smallest absolute Gasteiger partial charge is 0.308 e. The van der Waals surface area contributed by atoms with Gasteiger partial charge in [-0.05, 0) is 31.4 Å². The van der Waals surface area contributed by atoms with Crippen molar-refractivity contribution >= 4 is 23.5 Å². The molecule has 0 radical (unpaired) electrons. The average molecular weight is 287 g/mol. The molecule has 0 spiro atoms. The third kappa shape index (κ3) is 3.07. The van der Waals surface area contributed by atoms with E-state index in [2.05, 4.69) is 5.16 Å². The van der Waals surface area contributed by atoms with Gasteiger partial charge in [0.1, 0.15) is 0 Å². The summed E-state index contributed by atoms with van der Waals surface area (Å²) in [6.45, 7) is 2.57. The number of likely N-dealkylation sites (tertiary alicyclic amines) is 1. The van der Waals surface area contributed by atoms with Gasteiger partial charge in [0.05, 0.1) is 11.6 Å². The first-order valence-corrected chi connectivity index (χ1v) is 6.48. The maximum Gasteiger partial charge on any atom is 0.308 e. The standard InChI is InChI=1S/C12H15ClN2O4/c1-7-9(11(13)19-14-7)2-3-10(16)15-5-4-8(6-15)12(17)18/h8H,2-6H2,1H3,(H,17,18)/t8-/m1/s1. The second kappa shape index (κ2) is 5.61. The first-order valence-electron chi connectivity index (χ1n) is 6.10. The number of aromatic nitrogens is 1. The lowest BCUT2D eigenvalue weighted by Crippen LogP contribution is -2.30. The maximum atomic E-state index is 12.0. The minimum absolute atomic E-state index is 0.0552. The number of carbonyl (C=O) groups excluding carboxylic acids is 1. The van der Waals surface area contributed by atoms with Crippen LogP contribution in [0, 0.1) is 12.8 Å². The summed E-state index contributed by atoms with van der Waals surface area (Å²) < 4.78 is 4.81. The van der Waals surface area contributed by atoms with Gasteiger partial charge in [-0.15, -0.1) is 0 Å². The molecule has 6 nitrogen and oxygen atoms in total. The molecule has 19 heavy (non-hydrogen) atoms. The Kier molecular flexibility index (Phi) is 4.09. The van der Waals surface area contributed by atoms with Crippen molar-refractivity contribution in [1.82, 2.24) is 10.1 Å². The van der Waals surface area contributed by atoms with Gasteiger partial charge in [-0.3, -0.25) is 9.59 Å². The van der Waals surface area contributed by atoms with Crippen molar-refractivity contribution in [3.05, 3.63) is 16.5 Å². The number of nitrogens with zero attached hydrogens (tertiary/aromatic N) is 2. The zero-order chi connectivity index (χ0) is 14.0. The Morgan fingerprint density at radius 3 is 2.84 bits per heavy atom. The first kappa shape index (κ1) is 13.9. The van der Waals surface area contributed by atoms with Crippen molar-refractivity contribution in [2.45, 2.75) is 26.2 Å². The molecule has 2 heterocycles. The normalized spacial score (nSPS) is 18.8. The van der Waals surface area contributed by atoms with Crippen LogP contribution >= 0.6 is 11.6 Å². The molecule has 1 fully saturated rings. The summed E-state index contributed by atoms with van der Waals surface area (Å²) in [4.78, 5) is 24.4. The van der Waals surface area contributed by atoms with Gasteiger partial charge >= 0.3 is 5.97 Å². The predicted molar refractivity (Wildman–Crippen MR) is 66.9 cm³/mol. The number of rotatable bonds is 4. The quantitative estimate of drug-likeness (QED) is 0.907. The third-order valence-electron chi connectivity index (χ3n) is 3.42. The largest absolute Gasteiger partial charge is 0.481 e. The monoisotopic (exact) mass is 286 g/mol. The summed E-state index contributed by atoms with van der Waals surface area (Å²) in [7, 11) is 0. The van der Waals surface area contributed by atoms with Crippen LogP contribution < -0.4 is 0 Å². The Balaban J connectivity index is 1.87. The highest BCUT2D eigenvalue weighted by atomic mass is 35.5. The summed E-state index contributed by atoms with van der Waals surface area (Å²) in [5, 5.41) is 12.8. The Morgan fingerprint density at radius 2 is 2.32 bits per heavy atom. The molecule has 0 unspecified atom stereocenters. The van der Waals surface area contributed by atoms with Crippen LogP contribution in [0.4, 0.5) is 0 Å². The number of aryl methyl sites for hydroxylation is 1. The van der Waals surface area contributed by atoms with Crippen LogP contribution in [0.2, 0.25) is 5.22 Å². The van der Waals surface area contributed by atoms with Gasteiger partial charge in [0.15, 0.2) is 0 Å². The molecule has 2 rings (SSSR count). The molecule has 1 amide bonds. The van der Waals surface area contributed by atoms with Crippen LogP contribution in [-0.2, 0) is 16.0 Å². The first-order chi connectivity index (χ1) is 8.99. The molecule has 7 heteroatoms. The van der Waals surface area contributed by atoms with Gasteiger partial charge in [-0.25, -0.2) is 0 Å². The molecule has 104 valence electrons. The fraction of sp³-hybridized carbons (Fsp3) is 0.583. The molecule has 1 saturated heterocycles. The molecular weight excluding hydrogens is 272 g/mol. The number of carboxylic acid groups (broad SMARTS) is 1. The van der Waals surface area contributed by atoms with Gasteiger partial charge in [-0.1, -0.05) is 5.16 Å². The van der Waals surface area contributed by atoms with Crippen molar-refractivity contribution in [2.24, 2.45) is 5.92 Å². The minimum Gasteiger partial charge on any atom is -0.481 e. The topological polar surface area (TPSA) is 83.6 Å². The van der Waals surface area contributed by atoms with Crippen molar-refractivity contribution in [2.75, 3.05) is 13.1 Å². The molecule has 0 aliphatic carbocycles. The molecule has 0 bridgehead atoms. The van der Waals surface area contributed by atoms with Gasteiger partial charge in [0.2, 0.25) is 11.1 Å². The number of carboxylic acids is 1. The molecule has 1 aromatic rings. The highest BCUT2D eigenvalue weighted by Gasteiger charge is 2.30. The highest BCUT2D eigenvalue weighted by Crippen LogP contribution is 2.22. The van der Waals surface area contributed by atoms with Crippen molar-refractivity contribution < 1.29 is 19.2 Å². The van der Waals surface area contributed by atoms with Crippen molar-refractivity contribution in [3.63, 3.8) is 0 Å². The summed E-state index contributed by atoms with van der Waals surface area (Å²) in [6.07, 6.45) is 1.27. The molecule has 1 aromatic heterocycles. The Morgan fingerprint density at radius 1 is 1.58 bits per heavy atom. The van der Waals surface area contributed by atoms with E-state index in [1.54, 1.807) is 11.8 Å². The van der Waals surface area contributed by atoms with E-state index in [0.717, 1.165) is 5.56 Å². The zero-order valence-electron chi connectivity index (χ0n) is 10.6. The Labute approximate surface area is 115 Å². The van der Waals surface area contributed by atoms with E-state index in [1.807, 2.05) is 0 Å². The lowest BCUT2D eigenvalue weighted by Gasteiger charge is -2.15. The van der Waals surface area contributed by atoms with E-state index in [0.29, 0.717) is 31.6 Å². The number of halogens is 1. The van der Waals surface area contributed by atoms with Crippen LogP contribution in [-0.4, -0.2) is 40.1 Å². The Bertz CT molecular complexity index is 480. The van der Waals surface area contributed by atoms with E-state index in [9.17, 15) is 9.59 Å². The van der Waals surface area contributed by atoms with Crippen LogP contribution in [0.3, 0.4) is 0 Å². The lowest BCUT2D eigenvalue weighted by molar-refractivity contribution is -0.141. The number of hydrogen-bond acceptors (Lipinski definition) is 4. The Hall–Kier alpha value is -1.56. The molecule has 1 aliphatic heterocycles.